The second-order valence-electron chi connectivity index (χ2n) is 13.1. The van der Waals surface area contributed by atoms with E-state index in [9.17, 15) is 19.2 Å². The predicted molar refractivity (Wildman–Crippen MR) is 179 cm³/mol. The number of unbranched alkanes of at least 4 members (excludes halogenated alkanes) is 6. The molecular formula is C37H53N3O7. The van der Waals surface area contributed by atoms with Gasteiger partial charge in [0.1, 0.15) is 12.2 Å². The molecule has 3 rings (SSSR count). The van der Waals surface area contributed by atoms with Crippen molar-refractivity contribution in [1.29, 1.82) is 0 Å². The molecule has 3 amide bonds. The van der Waals surface area contributed by atoms with Crippen LogP contribution in [0, 0.1) is 5.92 Å². The molecule has 1 heterocycles. The molecule has 0 aromatic heterocycles. The Kier molecular flexibility index (Phi) is 15.7. The largest absolute Gasteiger partial charge is 0.458 e. The second kappa shape index (κ2) is 19.7. The Morgan fingerprint density at radius 2 is 1.45 bits per heavy atom. The van der Waals surface area contributed by atoms with Crippen LogP contribution in [-0.2, 0) is 41.9 Å². The summed E-state index contributed by atoms with van der Waals surface area (Å²) >= 11 is 0. The maximum absolute atomic E-state index is 14.5. The summed E-state index contributed by atoms with van der Waals surface area (Å²) in [6, 6.07) is 17.6. The lowest BCUT2D eigenvalue weighted by molar-refractivity contribution is -0.183. The average Bonchev–Trinajstić information content (AvgIpc) is 3.05. The number of ether oxygens (including phenoxy) is 2. The van der Waals surface area contributed by atoms with Gasteiger partial charge in [-0.25, -0.2) is 25.1 Å². The lowest BCUT2D eigenvalue weighted by Gasteiger charge is -2.43. The molecule has 10 nitrogen and oxygen atoms in total. The minimum absolute atomic E-state index is 0.0118. The lowest BCUT2D eigenvalue weighted by atomic mass is 9.94. The van der Waals surface area contributed by atoms with Crippen molar-refractivity contribution < 1.29 is 33.5 Å². The third-order valence-electron chi connectivity index (χ3n) is 7.93. The predicted octanol–water partition coefficient (Wildman–Crippen LogP) is 7.27. The van der Waals surface area contributed by atoms with E-state index in [1.807, 2.05) is 60.7 Å². The summed E-state index contributed by atoms with van der Waals surface area (Å²) in [7, 11) is 0. The molecule has 0 aliphatic carbocycles. The van der Waals surface area contributed by atoms with E-state index in [0.29, 0.717) is 19.3 Å². The van der Waals surface area contributed by atoms with Crippen LogP contribution in [0.2, 0.25) is 0 Å². The van der Waals surface area contributed by atoms with Gasteiger partial charge in [0.15, 0.2) is 6.04 Å². The highest BCUT2D eigenvalue weighted by molar-refractivity contribution is 5.90. The Morgan fingerprint density at radius 1 is 0.851 bits per heavy atom. The van der Waals surface area contributed by atoms with Gasteiger partial charge in [0.2, 0.25) is 11.8 Å². The van der Waals surface area contributed by atoms with Gasteiger partial charge >= 0.3 is 12.1 Å². The third kappa shape index (κ3) is 13.4. The molecule has 10 heteroatoms. The maximum Gasteiger partial charge on any atom is 0.429 e. The minimum Gasteiger partial charge on any atom is -0.458 e. The van der Waals surface area contributed by atoms with Gasteiger partial charge < -0.3 is 9.47 Å². The minimum atomic E-state index is -1.03. The molecule has 0 bridgehead atoms. The summed E-state index contributed by atoms with van der Waals surface area (Å²) in [4.78, 5) is 60.0. The van der Waals surface area contributed by atoms with Gasteiger partial charge in [-0.1, -0.05) is 113 Å². The SMILES string of the molecule is CCCCCCCCC[C@H](CC(=O)NOCc1ccccc1)C(=O)N1[C@H](C(=O)OC(C)(C)C)CCCN1C(=O)OCc1ccccc1. The summed E-state index contributed by atoms with van der Waals surface area (Å²) in [5, 5.41) is 2.42. The van der Waals surface area contributed by atoms with Gasteiger partial charge in [0.25, 0.3) is 0 Å². The number of hydrazine groups is 1. The van der Waals surface area contributed by atoms with E-state index >= 15 is 0 Å². The molecule has 0 unspecified atom stereocenters. The molecule has 2 aromatic carbocycles. The van der Waals surface area contributed by atoms with Crippen molar-refractivity contribution in [3.63, 3.8) is 0 Å². The number of carbonyl (C=O) groups excluding carboxylic acids is 4. The van der Waals surface area contributed by atoms with Crippen LogP contribution in [0.5, 0.6) is 0 Å². The van der Waals surface area contributed by atoms with Crippen molar-refractivity contribution in [2.24, 2.45) is 5.92 Å². The van der Waals surface area contributed by atoms with Gasteiger partial charge in [-0.3, -0.25) is 14.4 Å². The number of carbonyl (C=O) groups is 4. The van der Waals surface area contributed by atoms with Crippen LogP contribution in [0.15, 0.2) is 60.7 Å². The van der Waals surface area contributed by atoms with Gasteiger partial charge in [-0.15, -0.1) is 0 Å². The first-order chi connectivity index (χ1) is 22.6. The summed E-state index contributed by atoms with van der Waals surface area (Å²) in [6.07, 6.45) is 7.65. The summed E-state index contributed by atoms with van der Waals surface area (Å²) < 4.78 is 11.3. The van der Waals surface area contributed by atoms with E-state index in [1.165, 1.54) is 22.9 Å². The standard InChI is InChI=1S/C37H53N3O7/c1-5-6-7-8-9-10-17-23-31(26-33(41)38-46-28-30-21-15-12-16-22-30)34(42)40-32(35(43)47-37(2,3)4)24-18-25-39(40)36(44)45-27-29-19-13-11-14-20-29/h11-16,19-22,31-32H,5-10,17-18,23-28H2,1-4H3,(H,38,41)/t31-,32+/m1/s1. The molecule has 1 saturated heterocycles. The molecule has 1 aliphatic rings. The molecule has 1 fully saturated rings. The fourth-order valence-corrected chi connectivity index (χ4v) is 5.55. The van der Waals surface area contributed by atoms with Crippen molar-refractivity contribution >= 4 is 23.9 Å². The highest BCUT2D eigenvalue weighted by atomic mass is 16.6. The molecule has 47 heavy (non-hydrogen) atoms. The van der Waals surface area contributed by atoms with E-state index in [4.69, 9.17) is 14.3 Å². The molecular weight excluding hydrogens is 598 g/mol. The number of hydrogen-bond acceptors (Lipinski definition) is 7. The molecule has 0 radical (unpaired) electrons. The zero-order valence-corrected chi connectivity index (χ0v) is 28.6. The number of nitrogens with one attached hydrogen (secondary N) is 1. The van der Waals surface area contributed by atoms with Crippen LogP contribution in [0.4, 0.5) is 4.79 Å². The Labute approximate surface area is 280 Å². The molecule has 0 spiro atoms. The molecule has 2 atom stereocenters. The Balaban J connectivity index is 1.79. The van der Waals surface area contributed by atoms with Crippen molar-refractivity contribution in [3.05, 3.63) is 71.8 Å². The fraction of sp³-hybridized carbons (Fsp3) is 0.568. The highest BCUT2D eigenvalue weighted by Gasteiger charge is 2.44. The van der Waals surface area contributed by atoms with Gasteiger partial charge in [0.05, 0.1) is 6.61 Å². The van der Waals surface area contributed by atoms with Crippen molar-refractivity contribution in [2.75, 3.05) is 6.54 Å². The summed E-state index contributed by atoms with van der Waals surface area (Å²) in [5.74, 6) is -2.33. The molecule has 1 N–H and O–H groups in total. The Bertz CT molecular complexity index is 1250. The molecule has 2 aromatic rings. The Hall–Kier alpha value is -3.92. The zero-order valence-electron chi connectivity index (χ0n) is 28.6. The highest BCUT2D eigenvalue weighted by Crippen LogP contribution is 2.28. The van der Waals surface area contributed by atoms with Crippen LogP contribution in [0.25, 0.3) is 0 Å². The summed E-state index contributed by atoms with van der Waals surface area (Å²) in [6.45, 7) is 7.83. The smallest absolute Gasteiger partial charge is 0.429 e. The van der Waals surface area contributed by atoms with Crippen LogP contribution in [0.1, 0.15) is 109 Å². The van der Waals surface area contributed by atoms with Crippen LogP contribution < -0.4 is 5.48 Å². The van der Waals surface area contributed by atoms with E-state index in [-0.39, 0.29) is 26.2 Å². The first-order valence-corrected chi connectivity index (χ1v) is 17.1. The van der Waals surface area contributed by atoms with Crippen molar-refractivity contribution in [1.82, 2.24) is 15.5 Å². The number of benzene rings is 2. The van der Waals surface area contributed by atoms with Crippen LogP contribution in [0.3, 0.4) is 0 Å². The monoisotopic (exact) mass is 651 g/mol. The number of rotatable bonds is 17. The van der Waals surface area contributed by atoms with E-state index in [2.05, 4.69) is 12.4 Å². The van der Waals surface area contributed by atoms with Crippen LogP contribution >= 0.6 is 0 Å². The Morgan fingerprint density at radius 3 is 2.06 bits per heavy atom. The number of esters is 1. The number of hydrogen-bond donors (Lipinski definition) is 1. The number of nitrogens with zero attached hydrogens (tertiary/aromatic N) is 2. The normalized spacial score (nSPS) is 15.5. The lowest BCUT2D eigenvalue weighted by Crippen LogP contribution is -2.62. The molecule has 0 saturated carbocycles. The van der Waals surface area contributed by atoms with Gasteiger partial charge in [-0.05, 0) is 51.2 Å². The average molecular weight is 652 g/mol. The van der Waals surface area contributed by atoms with E-state index in [0.717, 1.165) is 43.2 Å². The second-order valence-corrected chi connectivity index (χ2v) is 13.1. The first-order valence-electron chi connectivity index (χ1n) is 17.1. The molecule has 1 aliphatic heterocycles. The van der Waals surface area contributed by atoms with E-state index in [1.54, 1.807) is 20.8 Å². The topological polar surface area (TPSA) is 114 Å². The third-order valence-corrected chi connectivity index (χ3v) is 7.93. The van der Waals surface area contributed by atoms with Crippen LogP contribution in [-0.4, -0.2) is 52.1 Å². The van der Waals surface area contributed by atoms with Crippen molar-refractivity contribution in [2.45, 2.75) is 123 Å². The fourth-order valence-electron chi connectivity index (χ4n) is 5.55. The quantitative estimate of drug-likeness (QED) is 0.109. The number of amides is 3. The number of hydroxylamine groups is 1. The van der Waals surface area contributed by atoms with Gasteiger partial charge in [-0.2, -0.15) is 0 Å². The maximum atomic E-state index is 14.5. The summed E-state index contributed by atoms with van der Waals surface area (Å²) in [5.41, 5.74) is 3.36. The zero-order chi connectivity index (χ0) is 34.1. The first kappa shape index (κ1) is 37.5. The molecule has 258 valence electrons. The van der Waals surface area contributed by atoms with Gasteiger partial charge in [0, 0.05) is 18.9 Å². The van der Waals surface area contributed by atoms with E-state index < -0.39 is 41.4 Å². The van der Waals surface area contributed by atoms with Crippen molar-refractivity contribution in [3.8, 4) is 0 Å².